The second-order valence-electron chi connectivity index (χ2n) is 4.14. The Bertz CT molecular complexity index is 585. The number of carboxylic acid groups (broad SMARTS) is 1. The second kappa shape index (κ2) is 6.02. The molecule has 0 radical (unpaired) electrons. The Hall–Kier alpha value is -1.61. The number of fused-ring (bicyclic) bond motifs is 1. The van der Waals surface area contributed by atoms with Crippen LogP contribution in [0.3, 0.4) is 0 Å². The number of aromatic nitrogens is 3. The molecule has 3 rings (SSSR count). The first-order valence-corrected chi connectivity index (χ1v) is 5.49. The number of aryl methyl sites for hydroxylation is 1. The van der Waals surface area contributed by atoms with E-state index in [0.29, 0.717) is 5.82 Å². The van der Waals surface area contributed by atoms with Gasteiger partial charge in [0.2, 0.25) is 0 Å². The summed E-state index contributed by atoms with van der Waals surface area (Å²) in [5.74, 6) is -0.470. The Morgan fingerprint density at radius 1 is 1.37 bits per heavy atom. The van der Waals surface area contributed by atoms with Gasteiger partial charge < -0.3 is 10.6 Å². The van der Waals surface area contributed by atoms with E-state index >= 15 is 0 Å². The molecule has 0 spiro atoms. The van der Waals surface area contributed by atoms with Gasteiger partial charge in [-0.2, -0.15) is 0 Å². The van der Waals surface area contributed by atoms with Crippen molar-refractivity contribution in [1.29, 1.82) is 0 Å². The molecule has 0 amide bonds. The van der Waals surface area contributed by atoms with Gasteiger partial charge in [0.05, 0.1) is 0 Å². The van der Waals surface area contributed by atoms with Crippen molar-refractivity contribution in [1.82, 2.24) is 15.2 Å². The van der Waals surface area contributed by atoms with E-state index in [1.54, 1.807) is 0 Å². The molecule has 1 heterocycles. The molecule has 1 atom stereocenters. The van der Waals surface area contributed by atoms with Gasteiger partial charge in [-0.25, -0.2) is 9.78 Å². The molecular formula is C12H12LiN3O3. The van der Waals surface area contributed by atoms with Crippen LogP contribution in [0.1, 0.15) is 39.9 Å². The minimum Gasteiger partial charge on any atom is -0.870 e. The maximum absolute atomic E-state index is 10.7. The number of hydrogen-bond acceptors (Lipinski definition) is 4. The number of benzene rings is 1. The van der Waals surface area contributed by atoms with Crippen molar-refractivity contribution in [2.45, 2.75) is 18.8 Å². The van der Waals surface area contributed by atoms with Crippen LogP contribution in [0.15, 0.2) is 24.3 Å². The summed E-state index contributed by atoms with van der Waals surface area (Å²) in [6, 6.07) is 8.18. The topological polar surface area (TPSA) is 109 Å². The number of H-pyrrole nitrogens is 1. The van der Waals surface area contributed by atoms with Crippen LogP contribution in [-0.2, 0) is 6.42 Å². The molecule has 7 heteroatoms. The Morgan fingerprint density at radius 2 is 2.11 bits per heavy atom. The fourth-order valence-electron chi connectivity index (χ4n) is 2.37. The molecule has 2 aromatic rings. The maximum atomic E-state index is 10.7. The minimum absolute atomic E-state index is 0. The number of carboxylic acids is 1. The fourth-order valence-corrected chi connectivity index (χ4v) is 2.37. The molecular weight excluding hydrogens is 241 g/mol. The predicted octanol–water partition coefficient (Wildman–Crippen LogP) is -1.59. The van der Waals surface area contributed by atoms with Gasteiger partial charge in [-0.05, 0) is 24.0 Å². The maximum Gasteiger partial charge on any atom is 1.00 e. The molecule has 6 nitrogen and oxygen atoms in total. The number of carbonyl (C=O) groups is 1. The van der Waals surface area contributed by atoms with Crippen molar-refractivity contribution in [3.05, 3.63) is 47.0 Å². The van der Waals surface area contributed by atoms with Gasteiger partial charge >= 0.3 is 24.8 Å². The normalized spacial score (nSPS) is 16.1. The van der Waals surface area contributed by atoms with Crippen LogP contribution in [0.4, 0.5) is 0 Å². The SMILES string of the molecule is O=C(O)c1n[nH]c(C2CCc3ccccc32)n1.[Li+].[OH-]. The van der Waals surface area contributed by atoms with E-state index in [9.17, 15) is 4.79 Å². The van der Waals surface area contributed by atoms with Crippen molar-refractivity contribution in [3.63, 3.8) is 0 Å². The molecule has 1 unspecified atom stereocenters. The van der Waals surface area contributed by atoms with E-state index in [0.717, 1.165) is 12.8 Å². The summed E-state index contributed by atoms with van der Waals surface area (Å²) in [6.45, 7) is 0. The summed E-state index contributed by atoms with van der Waals surface area (Å²) in [6.07, 6.45) is 1.96. The van der Waals surface area contributed by atoms with E-state index in [1.165, 1.54) is 11.1 Å². The number of nitrogens with one attached hydrogen (secondary N) is 1. The van der Waals surface area contributed by atoms with E-state index in [-0.39, 0.29) is 36.1 Å². The third-order valence-electron chi connectivity index (χ3n) is 3.16. The molecule has 0 fully saturated rings. The Labute approximate surface area is 121 Å². The zero-order chi connectivity index (χ0) is 11.8. The molecule has 1 aliphatic carbocycles. The largest absolute Gasteiger partial charge is 1.00 e. The van der Waals surface area contributed by atoms with Crippen molar-refractivity contribution < 1.29 is 34.2 Å². The van der Waals surface area contributed by atoms with Crippen molar-refractivity contribution >= 4 is 5.97 Å². The van der Waals surface area contributed by atoms with Crippen molar-refractivity contribution in [2.75, 3.05) is 0 Å². The zero-order valence-corrected chi connectivity index (χ0v) is 10.5. The first kappa shape index (κ1) is 15.4. The first-order valence-electron chi connectivity index (χ1n) is 5.49. The third kappa shape index (κ3) is 2.71. The molecule has 1 aromatic carbocycles. The third-order valence-corrected chi connectivity index (χ3v) is 3.16. The van der Waals surface area contributed by atoms with Crippen LogP contribution < -0.4 is 18.9 Å². The van der Waals surface area contributed by atoms with Gasteiger partial charge in [-0.3, -0.25) is 5.10 Å². The monoisotopic (exact) mass is 253 g/mol. The molecule has 1 aromatic heterocycles. The quantitative estimate of drug-likeness (QED) is 0.627. The van der Waals surface area contributed by atoms with E-state index in [1.807, 2.05) is 12.1 Å². The van der Waals surface area contributed by atoms with Gasteiger partial charge in [0.15, 0.2) is 0 Å². The number of aromatic carboxylic acids is 1. The van der Waals surface area contributed by atoms with E-state index in [4.69, 9.17) is 5.11 Å². The van der Waals surface area contributed by atoms with Gasteiger partial charge in [0, 0.05) is 5.92 Å². The van der Waals surface area contributed by atoms with Crippen LogP contribution in [0.5, 0.6) is 0 Å². The number of aromatic amines is 1. The van der Waals surface area contributed by atoms with Crippen LogP contribution in [0, 0.1) is 0 Å². The van der Waals surface area contributed by atoms with E-state index < -0.39 is 5.97 Å². The number of hydrogen-bond donors (Lipinski definition) is 2. The molecule has 0 saturated heterocycles. The van der Waals surface area contributed by atoms with Crippen LogP contribution in [0.2, 0.25) is 0 Å². The van der Waals surface area contributed by atoms with Gasteiger partial charge in [-0.15, -0.1) is 5.10 Å². The smallest absolute Gasteiger partial charge is 0.870 e. The molecule has 1 aliphatic rings. The summed E-state index contributed by atoms with van der Waals surface area (Å²) < 4.78 is 0. The molecule has 94 valence electrons. The molecule has 0 bridgehead atoms. The Morgan fingerprint density at radius 3 is 2.79 bits per heavy atom. The summed E-state index contributed by atoms with van der Waals surface area (Å²) in [4.78, 5) is 14.8. The predicted molar refractivity (Wildman–Crippen MR) is 61.9 cm³/mol. The molecule has 0 aliphatic heterocycles. The fraction of sp³-hybridized carbons (Fsp3) is 0.250. The summed E-state index contributed by atoms with van der Waals surface area (Å²) in [7, 11) is 0. The van der Waals surface area contributed by atoms with Crippen LogP contribution >= 0.6 is 0 Å². The Kier molecular flexibility index (Phi) is 4.89. The van der Waals surface area contributed by atoms with Gasteiger partial charge in [0.25, 0.3) is 5.82 Å². The average molecular weight is 253 g/mol. The van der Waals surface area contributed by atoms with E-state index in [2.05, 4.69) is 27.3 Å². The zero-order valence-electron chi connectivity index (χ0n) is 10.5. The molecule has 3 N–H and O–H groups in total. The first-order chi connectivity index (χ1) is 8.25. The Balaban J connectivity index is 0.000000902. The van der Waals surface area contributed by atoms with Crippen molar-refractivity contribution in [2.24, 2.45) is 0 Å². The van der Waals surface area contributed by atoms with Crippen LogP contribution in [0.25, 0.3) is 0 Å². The standard InChI is InChI=1S/C12H11N3O2.Li.H2O/c16-12(17)11-13-10(14-15-11)9-6-5-7-3-1-2-4-8(7)9;;/h1-4,9H,5-6H2,(H,16,17)(H,13,14,15);;1H2/q;+1;/p-1. The summed E-state index contributed by atoms with van der Waals surface area (Å²) in [5, 5.41) is 15.2. The minimum atomic E-state index is -1.10. The van der Waals surface area contributed by atoms with Crippen molar-refractivity contribution in [3.8, 4) is 0 Å². The van der Waals surface area contributed by atoms with Gasteiger partial charge in [-0.1, -0.05) is 24.3 Å². The van der Waals surface area contributed by atoms with Gasteiger partial charge in [0.1, 0.15) is 5.82 Å². The average Bonchev–Trinajstić information content (AvgIpc) is 2.95. The summed E-state index contributed by atoms with van der Waals surface area (Å²) >= 11 is 0. The molecule has 19 heavy (non-hydrogen) atoms. The molecule has 0 saturated carbocycles. The second-order valence-corrected chi connectivity index (χ2v) is 4.14. The van der Waals surface area contributed by atoms with Crippen LogP contribution in [-0.4, -0.2) is 31.7 Å². The summed E-state index contributed by atoms with van der Waals surface area (Å²) in [5.41, 5.74) is 2.53. The number of nitrogens with zero attached hydrogens (tertiary/aromatic N) is 2. The number of rotatable bonds is 2.